The third-order valence-corrected chi connectivity index (χ3v) is 2.48. The molecule has 0 bridgehead atoms. The minimum Gasteiger partial charge on any atom is -0.367 e. The minimum absolute atomic E-state index is 0.515. The summed E-state index contributed by atoms with van der Waals surface area (Å²) in [5.74, 6) is 1.92. The zero-order valence-corrected chi connectivity index (χ0v) is 10.3. The van der Waals surface area contributed by atoms with E-state index in [0.29, 0.717) is 11.6 Å². The maximum absolute atomic E-state index is 8.61. The van der Waals surface area contributed by atoms with Crippen molar-refractivity contribution in [2.75, 3.05) is 17.3 Å². The van der Waals surface area contributed by atoms with Gasteiger partial charge in [0.2, 0.25) is 0 Å². The number of hydrogen-bond acceptors (Lipinski definition) is 5. The molecule has 2 heterocycles. The number of nitrogens with zero attached hydrogens (tertiary/aromatic N) is 4. The van der Waals surface area contributed by atoms with E-state index < -0.39 is 0 Å². The predicted molar refractivity (Wildman–Crippen MR) is 68.9 cm³/mol. The minimum atomic E-state index is 0.515. The van der Waals surface area contributed by atoms with Gasteiger partial charge in [0.25, 0.3) is 0 Å². The van der Waals surface area contributed by atoms with Gasteiger partial charge in [-0.15, -0.1) is 0 Å². The molecule has 0 radical (unpaired) electrons. The Bertz CT molecular complexity index is 554. The van der Waals surface area contributed by atoms with Crippen LogP contribution in [-0.4, -0.2) is 22.0 Å². The first-order valence-electron chi connectivity index (χ1n) is 5.52. The summed E-state index contributed by atoms with van der Waals surface area (Å²) in [6.45, 7) is 2.54. The van der Waals surface area contributed by atoms with Gasteiger partial charge in [0.15, 0.2) is 6.19 Å². The molecular formula is C12H14N6. The van der Waals surface area contributed by atoms with Gasteiger partial charge in [-0.25, -0.2) is 9.97 Å². The number of anilines is 2. The lowest BCUT2D eigenvalue weighted by atomic mass is 10.3. The lowest BCUT2D eigenvalue weighted by Crippen LogP contribution is -2.18. The fourth-order valence-electron chi connectivity index (χ4n) is 1.68. The summed E-state index contributed by atoms with van der Waals surface area (Å²) in [6, 6.07) is 3.77. The molecule has 0 aliphatic carbocycles. The second kappa shape index (κ2) is 5.19. The molecule has 2 aromatic rings. The summed E-state index contributed by atoms with van der Waals surface area (Å²) >= 11 is 0. The fraction of sp³-hybridized carbons (Fsp3) is 0.250. The van der Waals surface area contributed by atoms with E-state index in [1.54, 1.807) is 13.0 Å². The van der Waals surface area contributed by atoms with E-state index in [4.69, 9.17) is 5.26 Å². The van der Waals surface area contributed by atoms with Gasteiger partial charge in [-0.2, -0.15) is 5.26 Å². The molecular weight excluding hydrogens is 228 g/mol. The number of nitrogens with one attached hydrogen (secondary N) is 2. The topological polar surface area (TPSA) is 80.6 Å². The van der Waals surface area contributed by atoms with Crippen LogP contribution in [0.2, 0.25) is 0 Å². The van der Waals surface area contributed by atoms with Crippen LogP contribution in [0, 0.1) is 18.4 Å². The maximum atomic E-state index is 8.61. The lowest BCUT2D eigenvalue weighted by molar-refractivity contribution is 0.881. The zero-order chi connectivity index (χ0) is 13.0. The number of hydrogen-bond donors (Lipinski definition) is 2. The maximum Gasteiger partial charge on any atom is 0.182 e. The highest BCUT2D eigenvalue weighted by molar-refractivity contribution is 5.50. The Morgan fingerprint density at radius 3 is 3.00 bits per heavy atom. The third kappa shape index (κ3) is 2.77. The lowest BCUT2D eigenvalue weighted by Gasteiger charge is -2.18. The predicted octanol–water partition coefficient (Wildman–Crippen LogP) is 1.64. The SMILES string of the molecule is Cc1nc(NC#N)cc(N(C)Cc2cc[nH]c2)n1. The Morgan fingerprint density at radius 1 is 1.50 bits per heavy atom. The van der Waals surface area contributed by atoms with Crippen molar-refractivity contribution < 1.29 is 0 Å². The molecule has 0 atom stereocenters. The third-order valence-electron chi connectivity index (χ3n) is 2.48. The van der Waals surface area contributed by atoms with Crippen LogP contribution >= 0.6 is 0 Å². The standard InChI is InChI=1S/C12H14N6/c1-9-16-11(15-8-13)5-12(17-9)18(2)7-10-3-4-14-6-10/h3-6,14H,7H2,1-2H3,(H,15,16,17). The monoisotopic (exact) mass is 242 g/mol. The van der Waals surface area contributed by atoms with E-state index in [1.807, 2.05) is 36.6 Å². The number of rotatable bonds is 4. The van der Waals surface area contributed by atoms with Crippen molar-refractivity contribution in [2.45, 2.75) is 13.5 Å². The van der Waals surface area contributed by atoms with Crippen LogP contribution in [0.25, 0.3) is 0 Å². The Kier molecular flexibility index (Phi) is 3.44. The Labute approximate surface area is 105 Å². The first kappa shape index (κ1) is 11.9. The van der Waals surface area contributed by atoms with E-state index in [1.165, 1.54) is 5.56 Å². The van der Waals surface area contributed by atoms with Crippen LogP contribution in [0.3, 0.4) is 0 Å². The smallest absolute Gasteiger partial charge is 0.182 e. The van der Waals surface area contributed by atoms with Crippen molar-refractivity contribution in [3.8, 4) is 6.19 Å². The molecule has 0 aromatic carbocycles. The molecule has 0 aliphatic heterocycles. The summed E-state index contributed by atoms with van der Waals surface area (Å²) < 4.78 is 0. The van der Waals surface area contributed by atoms with E-state index in [2.05, 4.69) is 20.3 Å². The van der Waals surface area contributed by atoms with E-state index in [-0.39, 0.29) is 0 Å². The van der Waals surface area contributed by atoms with Crippen molar-refractivity contribution in [1.29, 1.82) is 5.26 Å². The number of aromatic amines is 1. The van der Waals surface area contributed by atoms with E-state index >= 15 is 0 Å². The average Bonchev–Trinajstić information content (AvgIpc) is 2.81. The molecule has 2 N–H and O–H groups in total. The van der Waals surface area contributed by atoms with Gasteiger partial charge in [0.1, 0.15) is 17.5 Å². The second-order valence-corrected chi connectivity index (χ2v) is 3.97. The summed E-state index contributed by atoms with van der Waals surface area (Å²) in [4.78, 5) is 13.5. The molecule has 0 saturated carbocycles. The molecule has 0 spiro atoms. The summed E-state index contributed by atoms with van der Waals surface area (Å²) in [5.41, 5.74) is 1.17. The number of aryl methyl sites for hydroxylation is 1. The van der Waals surface area contributed by atoms with Gasteiger partial charge >= 0.3 is 0 Å². The van der Waals surface area contributed by atoms with Gasteiger partial charge < -0.3 is 9.88 Å². The highest BCUT2D eigenvalue weighted by Gasteiger charge is 2.07. The number of aromatic nitrogens is 3. The molecule has 2 aromatic heterocycles. The van der Waals surface area contributed by atoms with Gasteiger partial charge in [-0.1, -0.05) is 0 Å². The van der Waals surface area contributed by atoms with Gasteiger partial charge in [-0.05, 0) is 18.6 Å². The van der Waals surface area contributed by atoms with Crippen LogP contribution in [0.5, 0.6) is 0 Å². The molecule has 0 fully saturated rings. The first-order valence-corrected chi connectivity index (χ1v) is 5.52. The van der Waals surface area contributed by atoms with Gasteiger partial charge in [0.05, 0.1) is 0 Å². The van der Waals surface area contributed by atoms with Crippen LogP contribution in [-0.2, 0) is 6.54 Å². The van der Waals surface area contributed by atoms with Crippen molar-refractivity contribution in [3.05, 3.63) is 35.9 Å². The quantitative estimate of drug-likeness (QED) is 0.629. The Hall–Kier alpha value is -2.55. The summed E-state index contributed by atoms with van der Waals surface area (Å²) in [7, 11) is 1.95. The van der Waals surface area contributed by atoms with Crippen LogP contribution in [0.15, 0.2) is 24.5 Å². The van der Waals surface area contributed by atoms with E-state index in [0.717, 1.165) is 12.4 Å². The summed E-state index contributed by atoms with van der Waals surface area (Å²) in [5, 5.41) is 11.1. The molecule has 18 heavy (non-hydrogen) atoms. The molecule has 0 saturated heterocycles. The fourth-order valence-corrected chi connectivity index (χ4v) is 1.68. The molecule has 0 amide bonds. The van der Waals surface area contributed by atoms with E-state index in [9.17, 15) is 0 Å². The van der Waals surface area contributed by atoms with Crippen molar-refractivity contribution in [2.24, 2.45) is 0 Å². The van der Waals surface area contributed by atoms with Crippen LogP contribution in [0.1, 0.15) is 11.4 Å². The van der Waals surface area contributed by atoms with Crippen LogP contribution < -0.4 is 10.2 Å². The van der Waals surface area contributed by atoms with Crippen molar-refractivity contribution in [3.63, 3.8) is 0 Å². The Morgan fingerprint density at radius 2 is 2.33 bits per heavy atom. The highest BCUT2D eigenvalue weighted by Crippen LogP contribution is 2.16. The van der Waals surface area contributed by atoms with Crippen LogP contribution in [0.4, 0.5) is 11.6 Å². The van der Waals surface area contributed by atoms with Crippen molar-refractivity contribution in [1.82, 2.24) is 15.0 Å². The number of H-pyrrole nitrogens is 1. The largest absolute Gasteiger partial charge is 0.367 e. The highest BCUT2D eigenvalue weighted by atomic mass is 15.2. The summed E-state index contributed by atoms with van der Waals surface area (Å²) in [6.07, 6.45) is 5.69. The number of nitriles is 1. The molecule has 0 aliphatic rings. The van der Waals surface area contributed by atoms with Crippen molar-refractivity contribution >= 4 is 11.6 Å². The van der Waals surface area contributed by atoms with Gasteiger partial charge in [0, 0.05) is 32.1 Å². The molecule has 92 valence electrons. The second-order valence-electron chi connectivity index (χ2n) is 3.97. The average molecular weight is 242 g/mol. The Balaban J connectivity index is 2.19. The molecule has 0 unspecified atom stereocenters. The first-order chi connectivity index (χ1) is 8.69. The molecule has 2 rings (SSSR count). The zero-order valence-electron chi connectivity index (χ0n) is 10.3. The molecule has 6 heteroatoms. The normalized spacial score (nSPS) is 9.83. The van der Waals surface area contributed by atoms with Gasteiger partial charge in [-0.3, -0.25) is 5.32 Å². The molecule has 6 nitrogen and oxygen atoms in total.